The van der Waals surface area contributed by atoms with Gasteiger partial charge in [0.05, 0.1) is 19.1 Å². The largest absolute Gasteiger partial charge is 0.495 e. The number of rotatable bonds is 11. The van der Waals surface area contributed by atoms with E-state index < -0.39 is 28.5 Å². The van der Waals surface area contributed by atoms with Crippen LogP contribution < -0.4 is 14.4 Å². The Kier molecular flexibility index (Phi) is 10.7. The maximum Gasteiger partial charge on any atom is 0.244 e. The molecule has 2 aromatic carbocycles. The Morgan fingerprint density at radius 1 is 1.05 bits per heavy atom. The van der Waals surface area contributed by atoms with E-state index in [0.29, 0.717) is 27.8 Å². The normalized spacial score (nSPS) is 15.0. The Bertz CT molecular complexity index is 1210. The minimum absolute atomic E-state index is 0.0484. The maximum atomic E-state index is 13.9. The number of carbonyl (C=O) groups is 2. The Hall–Kier alpha value is -2.49. The molecule has 11 heteroatoms. The fourth-order valence-electron chi connectivity index (χ4n) is 4.75. The fraction of sp³-hybridized carbons (Fsp3) is 0.481. The minimum atomic E-state index is -3.89. The van der Waals surface area contributed by atoms with E-state index in [1.807, 2.05) is 6.92 Å². The summed E-state index contributed by atoms with van der Waals surface area (Å²) in [6.07, 6.45) is 6.35. The van der Waals surface area contributed by atoms with Crippen molar-refractivity contribution in [1.29, 1.82) is 0 Å². The van der Waals surface area contributed by atoms with Crippen molar-refractivity contribution in [3.63, 3.8) is 0 Å². The van der Waals surface area contributed by atoms with Crippen LogP contribution in [-0.4, -0.2) is 57.1 Å². The zero-order valence-electron chi connectivity index (χ0n) is 22.0. The summed E-state index contributed by atoms with van der Waals surface area (Å²) in [6.45, 7) is 1.22. The third kappa shape index (κ3) is 7.55. The van der Waals surface area contributed by atoms with Gasteiger partial charge in [-0.2, -0.15) is 0 Å². The molecule has 1 aliphatic rings. The molecular weight excluding hydrogens is 549 g/mol. The van der Waals surface area contributed by atoms with Gasteiger partial charge in [0.25, 0.3) is 0 Å². The lowest BCUT2D eigenvalue weighted by Gasteiger charge is -2.34. The molecule has 0 saturated heterocycles. The number of methoxy groups -OCH3 is 1. The summed E-state index contributed by atoms with van der Waals surface area (Å²) in [6, 6.07) is 10.8. The van der Waals surface area contributed by atoms with Gasteiger partial charge in [0, 0.05) is 28.2 Å². The molecule has 2 amide bonds. The van der Waals surface area contributed by atoms with Crippen LogP contribution in [0.1, 0.15) is 51.0 Å². The molecule has 38 heavy (non-hydrogen) atoms. The smallest absolute Gasteiger partial charge is 0.244 e. The van der Waals surface area contributed by atoms with Crippen molar-refractivity contribution < 1.29 is 22.7 Å². The quantitative estimate of drug-likeness (QED) is 0.400. The predicted molar refractivity (Wildman–Crippen MR) is 151 cm³/mol. The second-order valence-electron chi connectivity index (χ2n) is 9.43. The summed E-state index contributed by atoms with van der Waals surface area (Å²) in [5, 5.41) is 3.80. The van der Waals surface area contributed by atoms with E-state index in [-0.39, 0.29) is 24.2 Å². The number of nitrogens with one attached hydrogen (secondary N) is 1. The number of ether oxygens (including phenoxy) is 1. The molecule has 0 spiro atoms. The number of hydrogen-bond donors (Lipinski definition) is 1. The first-order valence-corrected chi connectivity index (χ1v) is 15.3. The van der Waals surface area contributed by atoms with Gasteiger partial charge in [0.15, 0.2) is 0 Å². The van der Waals surface area contributed by atoms with Crippen molar-refractivity contribution in [2.75, 3.05) is 24.2 Å². The number of sulfonamides is 1. The predicted octanol–water partition coefficient (Wildman–Crippen LogP) is 5.02. The number of para-hydroxylation sites is 2. The highest BCUT2D eigenvalue weighted by Gasteiger charge is 2.34. The van der Waals surface area contributed by atoms with E-state index in [4.69, 9.17) is 27.9 Å². The van der Waals surface area contributed by atoms with Crippen LogP contribution in [0, 0.1) is 0 Å². The summed E-state index contributed by atoms with van der Waals surface area (Å²) in [5.41, 5.74) is 0.706. The topological polar surface area (TPSA) is 96.0 Å². The number of benzene rings is 2. The highest BCUT2D eigenvalue weighted by Crippen LogP contribution is 2.31. The molecule has 3 rings (SSSR count). The monoisotopic (exact) mass is 583 g/mol. The van der Waals surface area contributed by atoms with Gasteiger partial charge in [-0.25, -0.2) is 8.42 Å². The molecule has 2 aromatic rings. The van der Waals surface area contributed by atoms with Crippen LogP contribution in [0.25, 0.3) is 0 Å². The molecule has 1 N–H and O–H groups in total. The SMILES string of the molecule is CCC(C(=O)NC1CCCCC1)N(Cc1c(Cl)cccc1Cl)C(=O)CN(c1ccccc1OC)S(C)(=O)=O. The van der Waals surface area contributed by atoms with E-state index >= 15 is 0 Å². The van der Waals surface area contributed by atoms with E-state index in [1.165, 1.54) is 12.0 Å². The first-order valence-electron chi connectivity index (χ1n) is 12.7. The molecule has 1 atom stereocenters. The van der Waals surface area contributed by atoms with Gasteiger partial charge in [0.1, 0.15) is 18.3 Å². The van der Waals surface area contributed by atoms with E-state index in [1.54, 1.807) is 42.5 Å². The van der Waals surface area contributed by atoms with Crippen molar-refractivity contribution in [1.82, 2.24) is 10.2 Å². The molecule has 0 bridgehead atoms. The first-order chi connectivity index (χ1) is 18.1. The van der Waals surface area contributed by atoms with E-state index in [9.17, 15) is 18.0 Å². The molecule has 1 aliphatic carbocycles. The Morgan fingerprint density at radius 2 is 1.68 bits per heavy atom. The third-order valence-corrected chi connectivity index (χ3v) is 8.60. The molecule has 208 valence electrons. The number of halogens is 2. The Morgan fingerprint density at radius 3 is 2.26 bits per heavy atom. The number of hydrogen-bond acceptors (Lipinski definition) is 5. The van der Waals surface area contributed by atoms with Crippen molar-refractivity contribution in [3.8, 4) is 5.75 Å². The van der Waals surface area contributed by atoms with Gasteiger partial charge < -0.3 is 15.0 Å². The van der Waals surface area contributed by atoms with Crippen LogP contribution in [0.2, 0.25) is 10.0 Å². The lowest BCUT2D eigenvalue weighted by molar-refractivity contribution is -0.140. The van der Waals surface area contributed by atoms with Crippen molar-refractivity contribution in [3.05, 3.63) is 58.1 Å². The Balaban J connectivity index is 1.98. The molecule has 1 saturated carbocycles. The molecule has 1 fully saturated rings. The Labute approximate surface area is 235 Å². The number of anilines is 1. The lowest BCUT2D eigenvalue weighted by Crippen LogP contribution is -2.54. The van der Waals surface area contributed by atoms with Crippen LogP contribution in [0.5, 0.6) is 5.75 Å². The van der Waals surface area contributed by atoms with Crippen LogP contribution in [0.15, 0.2) is 42.5 Å². The standard InChI is InChI=1S/C27H35Cl2N3O5S/c1-4-23(27(34)30-19-11-6-5-7-12-19)31(17-20-21(28)13-10-14-22(20)29)26(33)18-32(38(3,35)36)24-15-8-9-16-25(24)37-2/h8-10,13-16,19,23H,4-7,11-12,17-18H2,1-3H3,(H,30,34). The number of nitrogens with zero attached hydrogens (tertiary/aromatic N) is 2. The lowest BCUT2D eigenvalue weighted by atomic mass is 9.95. The third-order valence-electron chi connectivity index (χ3n) is 6.76. The summed E-state index contributed by atoms with van der Waals surface area (Å²) in [7, 11) is -2.46. The van der Waals surface area contributed by atoms with Crippen LogP contribution >= 0.6 is 23.2 Å². The van der Waals surface area contributed by atoms with Gasteiger partial charge in [-0.1, -0.05) is 67.6 Å². The fourth-order valence-corrected chi connectivity index (χ4v) is 6.12. The highest BCUT2D eigenvalue weighted by molar-refractivity contribution is 7.92. The molecule has 0 aliphatic heterocycles. The molecular formula is C27H35Cl2N3O5S. The zero-order chi connectivity index (χ0) is 27.9. The minimum Gasteiger partial charge on any atom is -0.495 e. The molecule has 1 unspecified atom stereocenters. The van der Waals surface area contributed by atoms with Gasteiger partial charge in [-0.15, -0.1) is 0 Å². The number of carbonyl (C=O) groups excluding carboxylic acids is 2. The van der Waals surface area contributed by atoms with Crippen molar-refractivity contribution in [2.45, 2.75) is 64.1 Å². The van der Waals surface area contributed by atoms with Gasteiger partial charge in [-0.3, -0.25) is 13.9 Å². The maximum absolute atomic E-state index is 13.9. The zero-order valence-corrected chi connectivity index (χ0v) is 24.3. The number of amides is 2. The average molecular weight is 585 g/mol. The summed E-state index contributed by atoms with van der Waals surface area (Å²) in [5.74, 6) is -0.546. The van der Waals surface area contributed by atoms with Crippen molar-refractivity contribution in [2.24, 2.45) is 0 Å². The molecule has 0 heterocycles. The van der Waals surface area contributed by atoms with Crippen LogP contribution in [0.3, 0.4) is 0 Å². The molecule has 0 aromatic heterocycles. The molecule has 8 nitrogen and oxygen atoms in total. The summed E-state index contributed by atoms with van der Waals surface area (Å²) in [4.78, 5) is 28.8. The second-order valence-corrected chi connectivity index (χ2v) is 12.2. The van der Waals surface area contributed by atoms with E-state index in [0.717, 1.165) is 42.7 Å². The van der Waals surface area contributed by atoms with Crippen LogP contribution in [-0.2, 0) is 26.2 Å². The van der Waals surface area contributed by atoms with Gasteiger partial charge >= 0.3 is 0 Å². The summed E-state index contributed by atoms with van der Waals surface area (Å²) >= 11 is 12.9. The van der Waals surface area contributed by atoms with Gasteiger partial charge in [-0.05, 0) is 43.5 Å². The average Bonchev–Trinajstić information content (AvgIpc) is 2.88. The van der Waals surface area contributed by atoms with E-state index in [2.05, 4.69) is 5.32 Å². The van der Waals surface area contributed by atoms with Crippen molar-refractivity contribution >= 4 is 50.7 Å². The first kappa shape index (κ1) is 30.1. The molecule has 0 radical (unpaired) electrons. The second kappa shape index (κ2) is 13.5. The van der Waals surface area contributed by atoms with Crippen LogP contribution in [0.4, 0.5) is 5.69 Å². The van der Waals surface area contributed by atoms with Gasteiger partial charge in [0.2, 0.25) is 21.8 Å². The summed E-state index contributed by atoms with van der Waals surface area (Å²) < 4.78 is 32.0. The highest BCUT2D eigenvalue weighted by atomic mass is 35.5.